The number of nitrogens with one attached hydrogen (secondary N) is 1. The maximum atomic E-state index is 3.73. The fourth-order valence-corrected chi connectivity index (χ4v) is 4.75. The Morgan fingerprint density at radius 1 is 1.10 bits per heavy atom. The van der Waals surface area contributed by atoms with Gasteiger partial charge in [0.15, 0.2) is 0 Å². The van der Waals surface area contributed by atoms with Crippen molar-refractivity contribution >= 4 is 0 Å². The van der Waals surface area contributed by atoms with E-state index in [0.29, 0.717) is 5.41 Å². The Balaban J connectivity index is 1.78. The van der Waals surface area contributed by atoms with Crippen molar-refractivity contribution in [2.45, 2.75) is 59.8 Å². The molecule has 0 aromatic heterocycles. The highest BCUT2D eigenvalue weighted by Gasteiger charge is 2.53. The number of benzene rings is 1. The monoisotopic (exact) mass is 285 g/mol. The lowest BCUT2D eigenvalue weighted by Crippen LogP contribution is -2.36. The van der Waals surface area contributed by atoms with Crippen molar-refractivity contribution in [3.63, 3.8) is 0 Å². The van der Waals surface area contributed by atoms with Crippen molar-refractivity contribution in [2.75, 3.05) is 13.1 Å². The van der Waals surface area contributed by atoms with E-state index in [2.05, 4.69) is 45.1 Å². The van der Waals surface area contributed by atoms with Crippen LogP contribution >= 0.6 is 0 Å². The van der Waals surface area contributed by atoms with Crippen LogP contribution in [0.5, 0.6) is 0 Å². The van der Waals surface area contributed by atoms with E-state index in [1.807, 2.05) is 0 Å². The van der Waals surface area contributed by atoms with E-state index in [1.54, 1.807) is 5.56 Å². The Kier molecular flexibility index (Phi) is 4.14. The van der Waals surface area contributed by atoms with Crippen LogP contribution in [0.25, 0.3) is 0 Å². The normalized spacial score (nSPS) is 30.5. The summed E-state index contributed by atoms with van der Waals surface area (Å²) < 4.78 is 0. The second-order valence-electron chi connectivity index (χ2n) is 7.89. The molecule has 0 amide bonds. The Morgan fingerprint density at radius 2 is 1.71 bits per heavy atom. The van der Waals surface area contributed by atoms with Crippen molar-refractivity contribution in [1.29, 1.82) is 0 Å². The largest absolute Gasteiger partial charge is 0.316 e. The number of hydrogen-bond acceptors (Lipinski definition) is 1. The van der Waals surface area contributed by atoms with E-state index in [9.17, 15) is 0 Å². The van der Waals surface area contributed by atoms with Crippen LogP contribution in [0.15, 0.2) is 12.1 Å². The maximum absolute atomic E-state index is 3.73. The summed E-state index contributed by atoms with van der Waals surface area (Å²) in [5, 5.41) is 3.73. The summed E-state index contributed by atoms with van der Waals surface area (Å²) >= 11 is 0. The summed E-state index contributed by atoms with van der Waals surface area (Å²) in [6.45, 7) is 11.5. The molecule has 1 heteroatoms. The molecule has 0 heterocycles. The third kappa shape index (κ3) is 3.18. The minimum Gasteiger partial charge on any atom is -0.316 e. The molecule has 21 heavy (non-hydrogen) atoms. The molecular weight excluding hydrogens is 254 g/mol. The second-order valence-corrected chi connectivity index (χ2v) is 7.89. The quantitative estimate of drug-likeness (QED) is 0.755. The molecule has 2 aliphatic rings. The van der Waals surface area contributed by atoms with Crippen LogP contribution in [0.1, 0.15) is 54.9 Å². The van der Waals surface area contributed by atoms with Gasteiger partial charge < -0.3 is 5.32 Å². The van der Waals surface area contributed by atoms with Crippen molar-refractivity contribution in [3.8, 4) is 0 Å². The Morgan fingerprint density at radius 3 is 2.29 bits per heavy atom. The van der Waals surface area contributed by atoms with Gasteiger partial charge in [0.2, 0.25) is 0 Å². The highest BCUT2D eigenvalue weighted by molar-refractivity contribution is 5.38. The molecule has 2 atom stereocenters. The summed E-state index contributed by atoms with van der Waals surface area (Å²) in [5.41, 5.74) is 6.57. The number of rotatable bonds is 6. The van der Waals surface area contributed by atoms with Gasteiger partial charge in [0.1, 0.15) is 0 Å². The summed E-state index contributed by atoms with van der Waals surface area (Å²) in [6.07, 6.45) is 6.96. The lowest BCUT2D eigenvalue weighted by Gasteiger charge is -2.33. The standard InChI is InChI=1S/C20H31N/c1-5-6-21-13-20(10-17-9-18(17)11-20)12-19-15(3)7-14(2)8-16(19)4/h7-8,17-18,21H,5-6,9-13H2,1-4H3. The molecule has 2 unspecified atom stereocenters. The van der Waals surface area contributed by atoms with E-state index in [1.165, 1.54) is 61.9 Å². The molecule has 0 aliphatic heterocycles. The average molecular weight is 285 g/mol. The van der Waals surface area contributed by atoms with Crippen molar-refractivity contribution in [3.05, 3.63) is 34.4 Å². The van der Waals surface area contributed by atoms with Crippen LogP contribution in [-0.2, 0) is 6.42 Å². The summed E-state index contributed by atoms with van der Waals surface area (Å²) in [4.78, 5) is 0. The Labute approximate surface area is 130 Å². The first kappa shape index (κ1) is 15.1. The molecule has 1 aromatic carbocycles. The van der Waals surface area contributed by atoms with E-state index in [4.69, 9.17) is 0 Å². The first-order valence-corrected chi connectivity index (χ1v) is 8.80. The van der Waals surface area contributed by atoms with Crippen LogP contribution in [0.3, 0.4) is 0 Å². The van der Waals surface area contributed by atoms with Gasteiger partial charge in [-0.15, -0.1) is 0 Å². The molecule has 3 rings (SSSR count). The van der Waals surface area contributed by atoms with E-state index in [0.717, 1.165) is 11.8 Å². The van der Waals surface area contributed by atoms with Crippen molar-refractivity contribution in [2.24, 2.45) is 17.3 Å². The van der Waals surface area contributed by atoms with Crippen LogP contribution in [0.2, 0.25) is 0 Å². The summed E-state index contributed by atoms with van der Waals surface area (Å²) in [5.74, 6) is 2.11. The third-order valence-electron chi connectivity index (χ3n) is 5.78. The Bertz CT molecular complexity index is 484. The van der Waals surface area contributed by atoms with E-state index in [-0.39, 0.29) is 0 Å². The zero-order valence-corrected chi connectivity index (χ0v) is 14.3. The van der Waals surface area contributed by atoms with Gasteiger partial charge in [0.25, 0.3) is 0 Å². The van der Waals surface area contributed by atoms with Crippen LogP contribution in [-0.4, -0.2) is 13.1 Å². The van der Waals surface area contributed by atoms with Gasteiger partial charge in [0, 0.05) is 6.54 Å². The molecule has 2 saturated carbocycles. The van der Waals surface area contributed by atoms with Gasteiger partial charge in [-0.1, -0.05) is 24.6 Å². The van der Waals surface area contributed by atoms with Crippen LogP contribution in [0, 0.1) is 38.0 Å². The molecule has 1 N–H and O–H groups in total. The molecule has 2 fully saturated rings. The first-order valence-electron chi connectivity index (χ1n) is 8.80. The predicted octanol–water partition coefficient (Wildman–Crippen LogP) is 4.57. The topological polar surface area (TPSA) is 12.0 Å². The van der Waals surface area contributed by atoms with Crippen LogP contribution in [0.4, 0.5) is 0 Å². The third-order valence-corrected chi connectivity index (χ3v) is 5.78. The lowest BCUT2D eigenvalue weighted by molar-refractivity contribution is 0.248. The van der Waals surface area contributed by atoms with Crippen molar-refractivity contribution in [1.82, 2.24) is 5.32 Å². The van der Waals surface area contributed by atoms with E-state index < -0.39 is 0 Å². The lowest BCUT2D eigenvalue weighted by atomic mass is 9.75. The zero-order chi connectivity index (χ0) is 15.0. The molecule has 0 bridgehead atoms. The highest BCUT2D eigenvalue weighted by Crippen LogP contribution is 2.60. The number of fused-ring (bicyclic) bond motifs is 1. The number of hydrogen-bond donors (Lipinski definition) is 1. The van der Waals surface area contributed by atoms with Crippen molar-refractivity contribution < 1.29 is 0 Å². The zero-order valence-electron chi connectivity index (χ0n) is 14.3. The molecule has 116 valence electrons. The molecule has 1 nitrogen and oxygen atoms in total. The fraction of sp³-hybridized carbons (Fsp3) is 0.700. The van der Waals surface area contributed by atoms with Gasteiger partial charge in [-0.25, -0.2) is 0 Å². The molecular formula is C20H31N. The van der Waals surface area contributed by atoms with Gasteiger partial charge >= 0.3 is 0 Å². The van der Waals surface area contributed by atoms with Gasteiger partial charge in [0.05, 0.1) is 0 Å². The predicted molar refractivity (Wildman–Crippen MR) is 90.8 cm³/mol. The Hall–Kier alpha value is -0.820. The fourth-order valence-electron chi connectivity index (χ4n) is 4.75. The van der Waals surface area contributed by atoms with Gasteiger partial charge in [-0.3, -0.25) is 0 Å². The summed E-state index contributed by atoms with van der Waals surface area (Å²) in [6, 6.07) is 4.73. The molecule has 0 spiro atoms. The van der Waals surface area contributed by atoms with Crippen LogP contribution < -0.4 is 5.32 Å². The second kappa shape index (κ2) is 5.76. The molecule has 0 saturated heterocycles. The van der Waals surface area contributed by atoms with Gasteiger partial charge in [-0.2, -0.15) is 0 Å². The smallest absolute Gasteiger partial charge is 0.00112 e. The van der Waals surface area contributed by atoms with E-state index >= 15 is 0 Å². The average Bonchev–Trinajstić information content (AvgIpc) is 3.03. The molecule has 1 aromatic rings. The first-order chi connectivity index (χ1) is 10.0. The minimum absolute atomic E-state index is 0.535. The summed E-state index contributed by atoms with van der Waals surface area (Å²) in [7, 11) is 0. The van der Waals surface area contributed by atoms with Gasteiger partial charge in [-0.05, 0) is 93.4 Å². The SMILES string of the molecule is CCCNCC1(Cc2c(C)cc(C)cc2C)CC2CC2C1. The minimum atomic E-state index is 0.535. The highest BCUT2D eigenvalue weighted by atomic mass is 14.9. The molecule has 2 aliphatic carbocycles. The number of aryl methyl sites for hydroxylation is 3. The molecule has 0 radical (unpaired) electrons. The maximum Gasteiger partial charge on any atom is 0.00112 e.